The highest BCUT2D eigenvalue weighted by molar-refractivity contribution is 9.10. The zero-order valence-corrected chi connectivity index (χ0v) is 8.39. The molecule has 1 aromatic rings. The second-order valence-corrected chi connectivity index (χ2v) is 3.97. The molecule has 0 saturated carbocycles. The Balaban J connectivity index is 2.27. The van der Waals surface area contributed by atoms with Crippen molar-refractivity contribution in [2.45, 2.75) is 25.2 Å². The Bertz CT molecular complexity index is 282. The summed E-state index contributed by atoms with van der Waals surface area (Å²) in [5.74, 6) is 0.623. The van der Waals surface area contributed by atoms with Crippen LogP contribution >= 0.6 is 15.9 Å². The number of nitrogens with one attached hydrogen (secondary N) is 1. The van der Waals surface area contributed by atoms with Crippen molar-refractivity contribution in [3.05, 3.63) is 15.9 Å². The van der Waals surface area contributed by atoms with Crippen LogP contribution in [0.3, 0.4) is 0 Å². The fraction of sp³-hybridized carbons (Fsp3) is 0.625. The number of hydrogen-bond donors (Lipinski definition) is 2. The third-order valence-electron chi connectivity index (χ3n) is 2.50. The van der Waals surface area contributed by atoms with Crippen LogP contribution in [0.5, 0.6) is 0 Å². The predicted octanol–water partition coefficient (Wildman–Crippen LogP) is 1.55. The van der Waals surface area contributed by atoms with Gasteiger partial charge in [-0.25, -0.2) is 0 Å². The number of halogens is 1. The van der Waals surface area contributed by atoms with Gasteiger partial charge in [0.15, 0.2) is 0 Å². The molecule has 0 aliphatic heterocycles. The van der Waals surface area contributed by atoms with Crippen LogP contribution in [0.15, 0.2) is 4.60 Å². The molecule has 0 saturated heterocycles. The highest BCUT2D eigenvalue weighted by atomic mass is 79.9. The molecule has 0 amide bonds. The summed E-state index contributed by atoms with van der Waals surface area (Å²) >= 11 is 3.44. The van der Waals surface area contributed by atoms with Gasteiger partial charge in [-0.1, -0.05) is 0 Å². The topological polar surface area (TPSA) is 54.7 Å². The van der Waals surface area contributed by atoms with Crippen LogP contribution in [0.1, 0.15) is 30.0 Å². The first kappa shape index (κ1) is 8.26. The van der Waals surface area contributed by atoms with E-state index in [1.807, 2.05) is 0 Å². The normalized spacial score (nSPS) is 21.3. The molecular weight excluding hydrogens is 218 g/mol. The lowest BCUT2D eigenvalue weighted by Crippen LogP contribution is -2.04. The SMILES string of the molecule is NCCC1CCc2[nH]nc(Br)c21. The van der Waals surface area contributed by atoms with Crippen LogP contribution < -0.4 is 5.73 Å². The van der Waals surface area contributed by atoms with E-state index >= 15 is 0 Å². The van der Waals surface area contributed by atoms with Gasteiger partial charge in [0.2, 0.25) is 0 Å². The number of nitrogens with two attached hydrogens (primary N) is 1. The van der Waals surface area contributed by atoms with Crippen LogP contribution in [0.4, 0.5) is 0 Å². The molecule has 2 rings (SSSR count). The first-order valence-electron chi connectivity index (χ1n) is 4.25. The van der Waals surface area contributed by atoms with Crippen LogP contribution in [0, 0.1) is 0 Å². The van der Waals surface area contributed by atoms with Crippen molar-refractivity contribution in [3.63, 3.8) is 0 Å². The molecule has 3 nitrogen and oxygen atoms in total. The molecule has 1 aromatic heterocycles. The Morgan fingerprint density at radius 2 is 2.50 bits per heavy atom. The molecule has 1 unspecified atom stereocenters. The van der Waals surface area contributed by atoms with Gasteiger partial charge in [-0.05, 0) is 47.7 Å². The van der Waals surface area contributed by atoms with E-state index in [0.717, 1.165) is 24.0 Å². The van der Waals surface area contributed by atoms with Crippen LogP contribution in [-0.4, -0.2) is 16.7 Å². The Labute approximate surface area is 79.9 Å². The predicted molar refractivity (Wildman–Crippen MR) is 51.0 cm³/mol. The van der Waals surface area contributed by atoms with E-state index in [1.165, 1.54) is 17.7 Å². The number of nitrogens with zero attached hydrogens (tertiary/aromatic N) is 1. The number of aryl methyl sites for hydroxylation is 1. The molecule has 1 heterocycles. The summed E-state index contributed by atoms with van der Waals surface area (Å²) in [6.45, 7) is 0.766. The zero-order valence-electron chi connectivity index (χ0n) is 6.81. The fourth-order valence-electron chi connectivity index (χ4n) is 1.92. The minimum atomic E-state index is 0.623. The van der Waals surface area contributed by atoms with E-state index in [4.69, 9.17) is 5.73 Å². The van der Waals surface area contributed by atoms with Gasteiger partial charge in [-0.3, -0.25) is 5.10 Å². The molecule has 1 atom stereocenters. The second kappa shape index (κ2) is 3.18. The molecule has 0 bridgehead atoms. The van der Waals surface area contributed by atoms with E-state index in [9.17, 15) is 0 Å². The van der Waals surface area contributed by atoms with Crippen molar-refractivity contribution in [2.24, 2.45) is 5.73 Å². The van der Waals surface area contributed by atoms with Gasteiger partial charge in [-0.15, -0.1) is 0 Å². The summed E-state index contributed by atoms with van der Waals surface area (Å²) in [5.41, 5.74) is 8.19. The zero-order chi connectivity index (χ0) is 8.55. The molecule has 12 heavy (non-hydrogen) atoms. The van der Waals surface area contributed by atoms with E-state index in [-0.39, 0.29) is 0 Å². The van der Waals surface area contributed by atoms with Gasteiger partial charge in [-0.2, -0.15) is 5.10 Å². The van der Waals surface area contributed by atoms with E-state index in [2.05, 4.69) is 26.1 Å². The van der Waals surface area contributed by atoms with Crippen molar-refractivity contribution in [1.82, 2.24) is 10.2 Å². The number of aromatic amines is 1. The second-order valence-electron chi connectivity index (χ2n) is 3.22. The van der Waals surface area contributed by atoms with Gasteiger partial charge in [0.25, 0.3) is 0 Å². The Morgan fingerprint density at radius 3 is 3.25 bits per heavy atom. The third kappa shape index (κ3) is 1.19. The van der Waals surface area contributed by atoms with Crippen molar-refractivity contribution in [3.8, 4) is 0 Å². The molecule has 3 N–H and O–H groups in total. The molecule has 1 aliphatic carbocycles. The Morgan fingerprint density at radius 1 is 1.67 bits per heavy atom. The van der Waals surface area contributed by atoms with Crippen molar-refractivity contribution >= 4 is 15.9 Å². The summed E-state index contributed by atoms with van der Waals surface area (Å²) in [5, 5.41) is 7.16. The summed E-state index contributed by atoms with van der Waals surface area (Å²) in [4.78, 5) is 0. The monoisotopic (exact) mass is 229 g/mol. The van der Waals surface area contributed by atoms with Crippen LogP contribution in [-0.2, 0) is 6.42 Å². The lowest BCUT2D eigenvalue weighted by molar-refractivity contribution is 0.620. The number of fused-ring (bicyclic) bond motifs is 1. The van der Waals surface area contributed by atoms with Gasteiger partial charge in [0, 0.05) is 11.3 Å². The highest BCUT2D eigenvalue weighted by Crippen LogP contribution is 2.38. The number of H-pyrrole nitrogens is 1. The quantitative estimate of drug-likeness (QED) is 0.809. The van der Waals surface area contributed by atoms with Gasteiger partial charge < -0.3 is 5.73 Å². The van der Waals surface area contributed by atoms with Crippen LogP contribution in [0.2, 0.25) is 0 Å². The first-order chi connectivity index (χ1) is 5.83. The lowest BCUT2D eigenvalue weighted by Gasteiger charge is -2.06. The standard InChI is InChI=1S/C8H12BrN3/c9-8-7-5(3-4-10)1-2-6(7)11-12-8/h5H,1-4,10H2,(H,11,12). The maximum atomic E-state index is 5.54. The maximum absolute atomic E-state index is 5.54. The van der Waals surface area contributed by atoms with E-state index < -0.39 is 0 Å². The summed E-state index contributed by atoms with van der Waals surface area (Å²) in [6.07, 6.45) is 3.42. The Hall–Kier alpha value is -0.350. The Kier molecular flexibility index (Phi) is 2.19. The van der Waals surface area contributed by atoms with Crippen molar-refractivity contribution < 1.29 is 0 Å². The molecule has 0 fully saturated rings. The fourth-order valence-corrected chi connectivity index (χ4v) is 2.57. The van der Waals surface area contributed by atoms with Gasteiger partial charge in [0.05, 0.1) is 0 Å². The summed E-state index contributed by atoms with van der Waals surface area (Å²) in [7, 11) is 0. The first-order valence-corrected chi connectivity index (χ1v) is 5.05. The average Bonchev–Trinajstić information content (AvgIpc) is 2.58. The van der Waals surface area contributed by atoms with Crippen LogP contribution in [0.25, 0.3) is 0 Å². The number of hydrogen-bond acceptors (Lipinski definition) is 2. The number of rotatable bonds is 2. The summed E-state index contributed by atoms with van der Waals surface area (Å²) < 4.78 is 0.980. The van der Waals surface area contributed by atoms with Gasteiger partial charge in [0.1, 0.15) is 4.60 Å². The molecular formula is C8H12BrN3. The molecule has 0 radical (unpaired) electrons. The highest BCUT2D eigenvalue weighted by Gasteiger charge is 2.26. The van der Waals surface area contributed by atoms with Gasteiger partial charge >= 0.3 is 0 Å². The number of aromatic nitrogens is 2. The largest absolute Gasteiger partial charge is 0.330 e. The minimum absolute atomic E-state index is 0.623. The van der Waals surface area contributed by atoms with E-state index in [0.29, 0.717) is 5.92 Å². The molecule has 4 heteroatoms. The van der Waals surface area contributed by atoms with Crippen molar-refractivity contribution in [1.29, 1.82) is 0 Å². The minimum Gasteiger partial charge on any atom is -0.330 e. The summed E-state index contributed by atoms with van der Waals surface area (Å²) in [6, 6.07) is 0. The lowest BCUT2D eigenvalue weighted by atomic mass is 10.0. The smallest absolute Gasteiger partial charge is 0.131 e. The molecule has 0 spiro atoms. The third-order valence-corrected chi connectivity index (χ3v) is 3.11. The maximum Gasteiger partial charge on any atom is 0.131 e. The van der Waals surface area contributed by atoms with Crippen molar-refractivity contribution in [2.75, 3.05) is 6.54 Å². The molecule has 0 aromatic carbocycles. The van der Waals surface area contributed by atoms with E-state index in [1.54, 1.807) is 0 Å². The average molecular weight is 230 g/mol. The molecule has 66 valence electrons. The molecule has 1 aliphatic rings.